The van der Waals surface area contributed by atoms with Crippen LogP contribution in [0, 0.1) is 11.3 Å². The molecular formula is C15H17N3O3. The van der Waals surface area contributed by atoms with Crippen LogP contribution in [0.1, 0.15) is 25.0 Å². The van der Waals surface area contributed by atoms with Gasteiger partial charge < -0.3 is 4.74 Å². The monoisotopic (exact) mass is 287 g/mol. The predicted octanol–water partition coefficient (Wildman–Crippen LogP) is 0.804. The Balaban J connectivity index is 2.27. The van der Waals surface area contributed by atoms with Gasteiger partial charge in [-0.1, -0.05) is 6.07 Å². The molecule has 1 saturated heterocycles. The number of imide groups is 1. The zero-order chi connectivity index (χ0) is 15.6. The summed E-state index contributed by atoms with van der Waals surface area (Å²) in [4.78, 5) is 25.5. The van der Waals surface area contributed by atoms with Crippen LogP contribution in [0.3, 0.4) is 0 Å². The molecule has 0 aliphatic carbocycles. The van der Waals surface area contributed by atoms with Gasteiger partial charge in [-0.3, -0.25) is 19.8 Å². The highest BCUT2D eigenvalue weighted by molar-refractivity contribution is 6.02. The molecule has 21 heavy (non-hydrogen) atoms. The van der Waals surface area contributed by atoms with E-state index in [1.54, 1.807) is 32.0 Å². The Morgan fingerprint density at radius 1 is 1.43 bits per heavy atom. The third-order valence-electron chi connectivity index (χ3n) is 3.49. The van der Waals surface area contributed by atoms with E-state index in [-0.39, 0.29) is 24.9 Å². The average Bonchev–Trinajstić information content (AvgIpc) is 2.48. The Morgan fingerprint density at radius 2 is 2.14 bits per heavy atom. The maximum Gasteiger partial charge on any atom is 0.249 e. The molecule has 110 valence electrons. The van der Waals surface area contributed by atoms with Gasteiger partial charge in [0.25, 0.3) is 0 Å². The maximum atomic E-state index is 12.3. The normalized spacial score (nSPS) is 17.5. The number of ether oxygens (including phenoxy) is 1. The number of hydrogen-bond donors (Lipinski definition) is 1. The number of piperazine rings is 1. The molecule has 1 fully saturated rings. The Labute approximate surface area is 123 Å². The van der Waals surface area contributed by atoms with Crippen molar-refractivity contribution in [3.63, 3.8) is 0 Å². The lowest BCUT2D eigenvalue weighted by Crippen LogP contribution is -2.63. The molecule has 1 aliphatic heterocycles. The zero-order valence-electron chi connectivity index (χ0n) is 12.3. The molecule has 0 atom stereocenters. The fraction of sp³-hybridized carbons (Fsp3) is 0.400. The molecule has 0 unspecified atom stereocenters. The van der Waals surface area contributed by atoms with Gasteiger partial charge >= 0.3 is 0 Å². The number of carbonyl (C=O) groups is 2. The first-order valence-electron chi connectivity index (χ1n) is 6.56. The molecule has 6 nitrogen and oxygen atoms in total. The second-order valence-corrected chi connectivity index (χ2v) is 5.41. The Kier molecular flexibility index (Phi) is 3.96. The Hall–Kier alpha value is -2.39. The summed E-state index contributed by atoms with van der Waals surface area (Å²) in [6.45, 7) is 3.79. The standard InChI is InChI=1S/C15H17N3O3/c1-15(2)14(20)18(13(19)8-17-15)9-10-4-5-11(7-16)12(6-10)21-3/h4-6,17H,8-9H2,1-3H3. The molecule has 1 aliphatic rings. The van der Waals surface area contributed by atoms with Crippen LogP contribution in [-0.2, 0) is 16.1 Å². The Bertz CT molecular complexity index is 632. The second-order valence-electron chi connectivity index (χ2n) is 5.41. The minimum atomic E-state index is -0.759. The van der Waals surface area contributed by atoms with Crippen molar-refractivity contribution in [2.75, 3.05) is 13.7 Å². The van der Waals surface area contributed by atoms with Crippen molar-refractivity contribution in [3.8, 4) is 11.8 Å². The highest BCUT2D eigenvalue weighted by Crippen LogP contribution is 2.22. The molecule has 0 bridgehead atoms. The fourth-order valence-electron chi connectivity index (χ4n) is 2.19. The van der Waals surface area contributed by atoms with Crippen LogP contribution in [-0.4, -0.2) is 35.9 Å². The SMILES string of the molecule is COc1cc(CN2C(=O)CNC(C)(C)C2=O)ccc1C#N. The fourth-order valence-corrected chi connectivity index (χ4v) is 2.19. The van der Waals surface area contributed by atoms with Crippen molar-refractivity contribution >= 4 is 11.8 Å². The highest BCUT2D eigenvalue weighted by Gasteiger charge is 2.39. The molecular weight excluding hydrogens is 270 g/mol. The van der Waals surface area contributed by atoms with Gasteiger partial charge in [0.2, 0.25) is 11.8 Å². The lowest BCUT2D eigenvalue weighted by molar-refractivity contribution is -0.153. The van der Waals surface area contributed by atoms with Crippen LogP contribution >= 0.6 is 0 Å². The van der Waals surface area contributed by atoms with E-state index in [2.05, 4.69) is 5.32 Å². The first kappa shape index (κ1) is 15.0. The number of methoxy groups -OCH3 is 1. The molecule has 0 spiro atoms. The van der Waals surface area contributed by atoms with E-state index in [9.17, 15) is 9.59 Å². The summed E-state index contributed by atoms with van der Waals surface area (Å²) >= 11 is 0. The number of carbonyl (C=O) groups excluding carboxylic acids is 2. The Morgan fingerprint density at radius 3 is 2.76 bits per heavy atom. The van der Waals surface area contributed by atoms with E-state index in [1.165, 1.54) is 12.0 Å². The van der Waals surface area contributed by atoms with E-state index in [0.29, 0.717) is 11.3 Å². The van der Waals surface area contributed by atoms with Gasteiger partial charge in [0.05, 0.1) is 31.3 Å². The number of benzene rings is 1. The lowest BCUT2D eigenvalue weighted by Gasteiger charge is -2.36. The lowest BCUT2D eigenvalue weighted by atomic mass is 9.99. The molecule has 1 N–H and O–H groups in total. The van der Waals surface area contributed by atoms with Gasteiger partial charge in [-0.15, -0.1) is 0 Å². The molecule has 2 amide bonds. The van der Waals surface area contributed by atoms with Crippen molar-refractivity contribution in [2.45, 2.75) is 25.9 Å². The van der Waals surface area contributed by atoms with E-state index >= 15 is 0 Å². The topological polar surface area (TPSA) is 82.4 Å². The minimum Gasteiger partial charge on any atom is -0.495 e. The summed E-state index contributed by atoms with van der Waals surface area (Å²) in [6.07, 6.45) is 0. The van der Waals surface area contributed by atoms with Crippen molar-refractivity contribution in [3.05, 3.63) is 29.3 Å². The van der Waals surface area contributed by atoms with E-state index in [1.807, 2.05) is 6.07 Å². The number of nitriles is 1. The summed E-state index contributed by atoms with van der Waals surface area (Å²) in [5, 5.41) is 11.9. The van der Waals surface area contributed by atoms with Crippen LogP contribution < -0.4 is 10.1 Å². The van der Waals surface area contributed by atoms with Crippen LogP contribution in [0.25, 0.3) is 0 Å². The van der Waals surface area contributed by atoms with E-state index in [4.69, 9.17) is 10.00 Å². The second kappa shape index (κ2) is 5.54. The van der Waals surface area contributed by atoms with Gasteiger partial charge in [-0.05, 0) is 31.5 Å². The largest absolute Gasteiger partial charge is 0.495 e. The number of amides is 2. The maximum absolute atomic E-state index is 12.3. The van der Waals surface area contributed by atoms with Crippen molar-refractivity contribution in [1.29, 1.82) is 5.26 Å². The van der Waals surface area contributed by atoms with Gasteiger partial charge in [0, 0.05) is 0 Å². The van der Waals surface area contributed by atoms with Crippen molar-refractivity contribution in [1.82, 2.24) is 10.2 Å². The third-order valence-corrected chi connectivity index (χ3v) is 3.49. The molecule has 2 rings (SSSR count). The molecule has 6 heteroatoms. The van der Waals surface area contributed by atoms with Crippen LogP contribution in [0.15, 0.2) is 18.2 Å². The average molecular weight is 287 g/mol. The number of rotatable bonds is 3. The number of nitrogens with zero attached hydrogens (tertiary/aromatic N) is 2. The van der Waals surface area contributed by atoms with Gasteiger partial charge in [-0.25, -0.2) is 0 Å². The summed E-state index contributed by atoms with van der Waals surface area (Å²) < 4.78 is 5.14. The molecule has 1 heterocycles. The molecule has 1 aromatic rings. The van der Waals surface area contributed by atoms with Gasteiger partial charge in [-0.2, -0.15) is 5.26 Å². The third kappa shape index (κ3) is 2.88. The molecule has 0 saturated carbocycles. The van der Waals surface area contributed by atoms with Gasteiger partial charge in [0.1, 0.15) is 11.8 Å². The molecule has 1 aromatic carbocycles. The van der Waals surface area contributed by atoms with Crippen molar-refractivity contribution < 1.29 is 14.3 Å². The number of hydrogen-bond acceptors (Lipinski definition) is 5. The summed E-state index contributed by atoms with van der Waals surface area (Å²) in [6, 6.07) is 7.04. The quantitative estimate of drug-likeness (QED) is 0.832. The van der Waals surface area contributed by atoms with Crippen LogP contribution in [0.2, 0.25) is 0 Å². The first-order valence-corrected chi connectivity index (χ1v) is 6.56. The molecule has 0 aromatic heterocycles. The smallest absolute Gasteiger partial charge is 0.249 e. The van der Waals surface area contributed by atoms with E-state index < -0.39 is 5.54 Å². The minimum absolute atomic E-state index is 0.131. The first-order chi connectivity index (χ1) is 9.89. The van der Waals surface area contributed by atoms with Crippen LogP contribution in [0.4, 0.5) is 0 Å². The van der Waals surface area contributed by atoms with Crippen LogP contribution in [0.5, 0.6) is 5.75 Å². The molecule has 0 radical (unpaired) electrons. The summed E-state index contributed by atoms with van der Waals surface area (Å²) in [5.74, 6) is -0.0889. The highest BCUT2D eigenvalue weighted by atomic mass is 16.5. The van der Waals surface area contributed by atoms with Gasteiger partial charge in [0.15, 0.2) is 0 Å². The summed E-state index contributed by atoms with van der Waals surface area (Å²) in [5.41, 5.74) is 0.398. The van der Waals surface area contributed by atoms with E-state index in [0.717, 1.165) is 5.56 Å². The zero-order valence-corrected chi connectivity index (χ0v) is 12.3. The number of nitrogens with one attached hydrogen (secondary N) is 1. The van der Waals surface area contributed by atoms with Crippen molar-refractivity contribution in [2.24, 2.45) is 0 Å². The predicted molar refractivity (Wildman–Crippen MR) is 75.3 cm³/mol. The summed E-state index contributed by atoms with van der Waals surface area (Å²) in [7, 11) is 1.48.